The third-order valence-electron chi connectivity index (χ3n) is 8.15. The van der Waals surface area contributed by atoms with E-state index in [1.54, 1.807) is 0 Å². The Balaban J connectivity index is 3.44. The minimum atomic E-state index is -0.759. The monoisotopic (exact) mass is 583 g/mol. The Kier molecular flexibility index (Phi) is 32.5. The van der Waals surface area contributed by atoms with Crippen molar-refractivity contribution < 1.29 is 24.2 Å². The van der Waals surface area contributed by atoms with Gasteiger partial charge in [0.2, 0.25) is 0 Å². The van der Waals surface area contributed by atoms with E-state index in [0.717, 1.165) is 38.5 Å². The van der Waals surface area contributed by atoms with E-state index in [1.165, 1.54) is 135 Å². The Morgan fingerprint density at radius 1 is 0.463 bits per heavy atom. The second kappa shape index (κ2) is 33.4. The molecular formula is C36H70O5. The van der Waals surface area contributed by atoms with Crippen LogP contribution in [0, 0.1) is 0 Å². The number of carbonyl (C=O) groups is 2. The molecule has 0 radical (unpaired) electrons. The molecule has 1 atom stereocenters. The van der Waals surface area contributed by atoms with Crippen molar-refractivity contribution in [2.24, 2.45) is 0 Å². The molecule has 0 aliphatic heterocycles. The SMILES string of the molecule is CCCCCCCCCCCCCCCCCCCCCCC(=O)OC(CO)COC(=O)CCCCCCCCC. The van der Waals surface area contributed by atoms with Crippen molar-refractivity contribution in [1.82, 2.24) is 0 Å². The van der Waals surface area contributed by atoms with E-state index in [1.807, 2.05) is 0 Å². The van der Waals surface area contributed by atoms with Crippen LogP contribution in [0.25, 0.3) is 0 Å². The summed E-state index contributed by atoms with van der Waals surface area (Å²) in [5.74, 6) is -0.586. The highest BCUT2D eigenvalue weighted by atomic mass is 16.6. The molecule has 41 heavy (non-hydrogen) atoms. The number of aliphatic hydroxyl groups is 1. The van der Waals surface area contributed by atoms with Crippen LogP contribution in [0.5, 0.6) is 0 Å². The van der Waals surface area contributed by atoms with Gasteiger partial charge in [0, 0.05) is 12.8 Å². The van der Waals surface area contributed by atoms with Gasteiger partial charge in [-0.2, -0.15) is 0 Å². The smallest absolute Gasteiger partial charge is 0.306 e. The molecule has 0 rings (SSSR count). The van der Waals surface area contributed by atoms with Crippen LogP contribution >= 0.6 is 0 Å². The summed E-state index contributed by atoms with van der Waals surface area (Å²) in [6.07, 6.45) is 34.7. The first-order valence-electron chi connectivity index (χ1n) is 18.1. The van der Waals surface area contributed by atoms with Gasteiger partial charge < -0.3 is 14.6 Å². The molecule has 0 saturated heterocycles. The lowest BCUT2D eigenvalue weighted by atomic mass is 10.0. The molecule has 5 heteroatoms. The number of carbonyl (C=O) groups excluding carboxylic acids is 2. The standard InChI is InChI=1S/C36H70O5/c1-3-5-7-9-11-12-13-14-15-16-17-18-19-20-21-22-23-25-27-29-31-36(39)41-34(32-37)33-40-35(38)30-28-26-24-10-8-6-4-2/h34,37H,3-33H2,1-2H3. The van der Waals surface area contributed by atoms with Crippen molar-refractivity contribution in [1.29, 1.82) is 0 Å². The summed E-state index contributed by atoms with van der Waals surface area (Å²) >= 11 is 0. The topological polar surface area (TPSA) is 72.8 Å². The predicted octanol–water partition coefficient (Wildman–Crippen LogP) is 10.8. The van der Waals surface area contributed by atoms with Gasteiger partial charge in [-0.3, -0.25) is 9.59 Å². The maximum atomic E-state index is 12.1. The zero-order valence-corrected chi connectivity index (χ0v) is 27.6. The number of hydrogen-bond donors (Lipinski definition) is 1. The second-order valence-electron chi connectivity index (χ2n) is 12.3. The molecule has 0 saturated carbocycles. The van der Waals surface area contributed by atoms with Crippen molar-refractivity contribution >= 4 is 11.9 Å². The fraction of sp³-hybridized carbons (Fsp3) is 0.944. The molecule has 0 spiro atoms. The lowest BCUT2D eigenvalue weighted by molar-refractivity contribution is -0.161. The normalized spacial score (nSPS) is 12.0. The predicted molar refractivity (Wildman–Crippen MR) is 173 cm³/mol. The van der Waals surface area contributed by atoms with Crippen LogP contribution in [0.4, 0.5) is 0 Å². The van der Waals surface area contributed by atoms with E-state index in [4.69, 9.17) is 9.47 Å². The summed E-state index contributed by atoms with van der Waals surface area (Å²) in [5, 5.41) is 9.48. The number of hydrogen-bond acceptors (Lipinski definition) is 5. The summed E-state index contributed by atoms with van der Waals surface area (Å²) in [7, 11) is 0. The van der Waals surface area contributed by atoms with Gasteiger partial charge in [-0.25, -0.2) is 0 Å². The lowest BCUT2D eigenvalue weighted by Crippen LogP contribution is -2.28. The average molecular weight is 583 g/mol. The lowest BCUT2D eigenvalue weighted by Gasteiger charge is -2.15. The second-order valence-corrected chi connectivity index (χ2v) is 12.3. The Morgan fingerprint density at radius 3 is 1.07 bits per heavy atom. The molecule has 0 aliphatic carbocycles. The van der Waals surface area contributed by atoms with E-state index < -0.39 is 6.10 Å². The zero-order chi connectivity index (χ0) is 30.1. The van der Waals surface area contributed by atoms with E-state index in [0.29, 0.717) is 12.8 Å². The highest BCUT2D eigenvalue weighted by Crippen LogP contribution is 2.15. The van der Waals surface area contributed by atoms with Crippen molar-refractivity contribution in [2.45, 2.75) is 206 Å². The molecule has 0 aliphatic rings. The van der Waals surface area contributed by atoms with Crippen molar-refractivity contribution in [2.75, 3.05) is 13.2 Å². The van der Waals surface area contributed by atoms with Crippen molar-refractivity contribution in [3.63, 3.8) is 0 Å². The molecule has 0 amide bonds. The summed E-state index contributed by atoms with van der Waals surface area (Å²) in [4.78, 5) is 24.0. The van der Waals surface area contributed by atoms with Crippen LogP contribution in [-0.4, -0.2) is 36.4 Å². The van der Waals surface area contributed by atoms with Crippen LogP contribution in [0.2, 0.25) is 0 Å². The van der Waals surface area contributed by atoms with E-state index in [2.05, 4.69) is 13.8 Å². The fourth-order valence-corrected chi connectivity index (χ4v) is 5.38. The van der Waals surface area contributed by atoms with Crippen LogP contribution in [0.3, 0.4) is 0 Å². The van der Waals surface area contributed by atoms with Crippen molar-refractivity contribution in [3.05, 3.63) is 0 Å². The van der Waals surface area contributed by atoms with E-state index >= 15 is 0 Å². The van der Waals surface area contributed by atoms with Gasteiger partial charge in [0.15, 0.2) is 6.10 Å². The van der Waals surface area contributed by atoms with Gasteiger partial charge >= 0.3 is 11.9 Å². The molecular weight excluding hydrogens is 512 g/mol. The Labute approximate surface area is 255 Å². The molecule has 5 nitrogen and oxygen atoms in total. The Morgan fingerprint density at radius 2 is 0.756 bits per heavy atom. The third-order valence-corrected chi connectivity index (χ3v) is 8.15. The van der Waals surface area contributed by atoms with Crippen molar-refractivity contribution in [3.8, 4) is 0 Å². The van der Waals surface area contributed by atoms with Gasteiger partial charge in [0.1, 0.15) is 6.61 Å². The molecule has 1 N–H and O–H groups in total. The van der Waals surface area contributed by atoms with Gasteiger partial charge in [0.05, 0.1) is 6.61 Å². The van der Waals surface area contributed by atoms with Crippen LogP contribution in [0.1, 0.15) is 200 Å². The molecule has 1 unspecified atom stereocenters. The minimum Gasteiger partial charge on any atom is -0.462 e. The molecule has 0 bridgehead atoms. The largest absolute Gasteiger partial charge is 0.462 e. The number of unbranched alkanes of at least 4 members (excludes halogenated alkanes) is 25. The molecule has 0 aromatic rings. The molecule has 0 fully saturated rings. The minimum absolute atomic E-state index is 0.0587. The highest BCUT2D eigenvalue weighted by Gasteiger charge is 2.16. The number of rotatable bonds is 33. The first-order valence-corrected chi connectivity index (χ1v) is 18.1. The zero-order valence-electron chi connectivity index (χ0n) is 27.6. The first kappa shape index (κ1) is 39.9. The quantitative estimate of drug-likeness (QED) is 0.0615. The van der Waals surface area contributed by atoms with Gasteiger partial charge in [0.25, 0.3) is 0 Å². The summed E-state index contributed by atoms with van der Waals surface area (Å²) < 4.78 is 10.5. The average Bonchev–Trinajstić information content (AvgIpc) is 2.97. The van der Waals surface area contributed by atoms with Crippen LogP contribution in [0.15, 0.2) is 0 Å². The molecule has 0 heterocycles. The van der Waals surface area contributed by atoms with Gasteiger partial charge in [-0.05, 0) is 12.8 Å². The Hall–Kier alpha value is -1.10. The Bertz CT molecular complexity index is 550. The molecule has 244 valence electrons. The summed E-state index contributed by atoms with van der Waals surface area (Å²) in [6.45, 7) is 4.11. The highest BCUT2D eigenvalue weighted by molar-refractivity contribution is 5.70. The van der Waals surface area contributed by atoms with Gasteiger partial charge in [-0.1, -0.05) is 174 Å². The van der Waals surface area contributed by atoms with Crippen LogP contribution < -0.4 is 0 Å². The molecule has 0 aromatic carbocycles. The third kappa shape index (κ3) is 31.7. The maximum absolute atomic E-state index is 12.1. The fourth-order valence-electron chi connectivity index (χ4n) is 5.38. The summed E-state index contributed by atoms with van der Waals surface area (Å²) in [5.41, 5.74) is 0. The maximum Gasteiger partial charge on any atom is 0.306 e. The van der Waals surface area contributed by atoms with E-state index in [-0.39, 0.29) is 25.2 Å². The first-order chi connectivity index (χ1) is 20.1. The molecule has 0 aromatic heterocycles. The number of ether oxygens (including phenoxy) is 2. The van der Waals surface area contributed by atoms with E-state index in [9.17, 15) is 14.7 Å². The summed E-state index contributed by atoms with van der Waals surface area (Å²) in [6, 6.07) is 0. The van der Waals surface area contributed by atoms with Gasteiger partial charge in [-0.15, -0.1) is 0 Å². The number of esters is 2. The number of aliphatic hydroxyl groups excluding tert-OH is 1. The van der Waals surface area contributed by atoms with Crippen LogP contribution in [-0.2, 0) is 19.1 Å².